The van der Waals surface area contributed by atoms with Gasteiger partial charge in [0.05, 0.1) is 0 Å². The second kappa shape index (κ2) is 3.76. The minimum Gasteiger partial charge on any atom is -1.00 e. The van der Waals surface area contributed by atoms with Gasteiger partial charge in [-0.25, -0.2) is 4.79 Å². The zero-order valence-corrected chi connectivity index (χ0v) is 5.50. The van der Waals surface area contributed by atoms with Gasteiger partial charge in [-0.15, -0.1) is 0 Å². The third-order valence-corrected chi connectivity index (χ3v) is 1.13. The van der Waals surface area contributed by atoms with Crippen molar-refractivity contribution >= 4 is 5.97 Å². The summed E-state index contributed by atoms with van der Waals surface area (Å²) >= 11 is 0. The fourth-order valence-corrected chi connectivity index (χ4v) is 0.507. The Kier molecular flexibility index (Phi) is 3.68. The Morgan fingerprint density at radius 1 is 1.67 bits per heavy atom. The molecule has 0 aromatic heterocycles. The molecule has 0 atom stereocenters. The van der Waals surface area contributed by atoms with Crippen molar-refractivity contribution in [3.05, 3.63) is 12.2 Å². The van der Waals surface area contributed by atoms with E-state index in [9.17, 15) is 4.79 Å². The SMILES string of the molecule is O=C(O)/C=C/C1CC1.[H-].[Li+]. The van der Waals surface area contributed by atoms with Crippen LogP contribution in [0, 0.1) is 5.92 Å². The molecule has 2 nitrogen and oxygen atoms in total. The van der Waals surface area contributed by atoms with Crippen molar-refractivity contribution in [1.29, 1.82) is 0 Å². The summed E-state index contributed by atoms with van der Waals surface area (Å²) in [6.07, 6.45) is 5.31. The number of carboxylic acids is 1. The Bertz CT molecular complexity index is 132. The van der Waals surface area contributed by atoms with Crippen LogP contribution in [-0.4, -0.2) is 11.1 Å². The number of hydrogen-bond donors (Lipinski definition) is 1. The molecule has 0 bridgehead atoms. The molecule has 0 aromatic carbocycles. The van der Waals surface area contributed by atoms with E-state index in [1.54, 1.807) is 6.08 Å². The quantitative estimate of drug-likeness (QED) is 0.343. The molecule has 0 heterocycles. The molecule has 46 valence electrons. The number of carbonyl (C=O) groups is 1. The van der Waals surface area contributed by atoms with E-state index in [4.69, 9.17) is 5.11 Å². The van der Waals surface area contributed by atoms with Crippen LogP contribution in [0.3, 0.4) is 0 Å². The van der Waals surface area contributed by atoms with Gasteiger partial charge in [0.1, 0.15) is 0 Å². The van der Waals surface area contributed by atoms with Crippen molar-refractivity contribution in [2.75, 3.05) is 0 Å². The van der Waals surface area contributed by atoms with Crippen LogP contribution in [0.4, 0.5) is 0 Å². The van der Waals surface area contributed by atoms with Crippen LogP contribution >= 0.6 is 0 Å². The second-order valence-electron chi connectivity index (χ2n) is 2.03. The fraction of sp³-hybridized carbons (Fsp3) is 0.500. The number of hydrogen-bond acceptors (Lipinski definition) is 1. The molecule has 0 aliphatic heterocycles. The van der Waals surface area contributed by atoms with Crippen LogP contribution in [0.5, 0.6) is 0 Å². The van der Waals surface area contributed by atoms with Gasteiger partial charge in [0.25, 0.3) is 0 Å². The Hall–Kier alpha value is -0.193. The summed E-state index contributed by atoms with van der Waals surface area (Å²) in [5, 5.41) is 8.10. The van der Waals surface area contributed by atoms with Gasteiger partial charge in [0.2, 0.25) is 0 Å². The van der Waals surface area contributed by atoms with E-state index in [-0.39, 0.29) is 20.3 Å². The number of aliphatic carboxylic acids is 1. The molecule has 1 saturated carbocycles. The van der Waals surface area contributed by atoms with Crippen LogP contribution in [0.2, 0.25) is 0 Å². The number of carboxylic acid groups (broad SMARTS) is 1. The first-order valence-corrected chi connectivity index (χ1v) is 2.70. The summed E-state index contributed by atoms with van der Waals surface area (Å²) < 4.78 is 0. The molecule has 0 amide bonds. The Labute approximate surface area is 67.6 Å². The van der Waals surface area contributed by atoms with Crippen LogP contribution < -0.4 is 18.9 Å². The van der Waals surface area contributed by atoms with Gasteiger partial charge < -0.3 is 6.53 Å². The third kappa shape index (κ3) is 4.32. The first-order chi connectivity index (χ1) is 3.79. The van der Waals surface area contributed by atoms with Crippen LogP contribution in [-0.2, 0) is 4.79 Å². The van der Waals surface area contributed by atoms with Crippen LogP contribution in [0.25, 0.3) is 0 Å². The van der Waals surface area contributed by atoms with Crippen molar-refractivity contribution in [2.45, 2.75) is 12.8 Å². The Morgan fingerprint density at radius 2 is 2.22 bits per heavy atom. The van der Waals surface area contributed by atoms with Crippen LogP contribution in [0.1, 0.15) is 14.3 Å². The minimum absolute atomic E-state index is 0. The zero-order chi connectivity index (χ0) is 5.98. The van der Waals surface area contributed by atoms with Crippen molar-refractivity contribution in [2.24, 2.45) is 5.92 Å². The molecule has 1 N–H and O–H groups in total. The molecular formula is C6H9LiO2. The van der Waals surface area contributed by atoms with Crippen LogP contribution in [0.15, 0.2) is 12.2 Å². The summed E-state index contributed by atoms with van der Waals surface area (Å²) in [6, 6.07) is 0. The third-order valence-electron chi connectivity index (χ3n) is 1.13. The average molecular weight is 120 g/mol. The Morgan fingerprint density at radius 3 is 2.56 bits per heavy atom. The van der Waals surface area contributed by atoms with Gasteiger partial charge in [-0.2, -0.15) is 0 Å². The minimum atomic E-state index is -0.836. The van der Waals surface area contributed by atoms with Gasteiger partial charge in [-0.3, -0.25) is 0 Å². The summed E-state index contributed by atoms with van der Waals surface area (Å²) in [6.45, 7) is 0. The largest absolute Gasteiger partial charge is 1.00 e. The van der Waals surface area contributed by atoms with E-state index in [0.29, 0.717) is 5.92 Å². The number of allylic oxidation sites excluding steroid dienone is 1. The van der Waals surface area contributed by atoms with Crippen molar-refractivity contribution in [3.8, 4) is 0 Å². The van der Waals surface area contributed by atoms with E-state index < -0.39 is 5.97 Å². The molecule has 9 heavy (non-hydrogen) atoms. The Balaban J connectivity index is 0. The van der Waals surface area contributed by atoms with E-state index in [1.165, 1.54) is 18.9 Å². The molecule has 1 rings (SSSR count). The second-order valence-corrected chi connectivity index (χ2v) is 2.03. The van der Waals surface area contributed by atoms with E-state index in [0.717, 1.165) is 0 Å². The molecular weight excluding hydrogens is 111 g/mol. The summed E-state index contributed by atoms with van der Waals surface area (Å²) in [5.74, 6) is -0.261. The van der Waals surface area contributed by atoms with Crippen molar-refractivity contribution in [3.63, 3.8) is 0 Å². The maximum Gasteiger partial charge on any atom is 1.00 e. The molecule has 1 aliphatic rings. The number of rotatable bonds is 2. The monoisotopic (exact) mass is 120 g/mol. The maximum atomic E-state index is 9.84. The van der Waals surface area contributed by atoms with E-state index in [1.807, 2.05) is 0 Å². The van der Waals surface area contributed by atoms with Crippen molar-refractivity contribution in [1.82, 2.24) is 0 Å². The predicted molar refractivity (Wildman–Crippen MR) is 30.6 cm³/mol. The molecule has 0 saturated heterocycles. The molecule has 0 unspecified atom stereocenters. The summed E-state index contributed by atoms with van der Waals surface area (Å²) in [7, 11) is 0. The standard InChI is InChI=1S/C6H8O2.Li.H/c7-6(8)4-3-5-1-2-5;;/h3-5H,1-2H2,(H,7,8);;/q;+1;-1/b4-3+;;. The average Bonchev–Trinajstić information content (AvgIpc) is 2.41. The molecule has 1 aliphatic carbocycles. The van der Waals surface area contributed by atoms with E-state index >= 15 is 0 Å². The maximum absolute atomic E-state index is 9.84. The first kappa shape index (κ1) is 8.81. The van der Waals surface area contributed by atoms with Gasteiger partial charge >= 0.3 is 24.8 Å². The molecule has 0 radical (unpaired) electrons. The fourth-order valence-electron chi connectivity index (χ4n) is 0.507. The topological polar surface area (TPSA) is 37.3 Å². The smallest absolute Gasteiger partial charge is 1.00 e. The van der Waals surface area contributed by atoms with Gasteiger partial charge in [-0.1, -0.05) is 6.08 Å². The molecule has 0 aromatic rings. The summed E-state index contributed by atoms with van der Waals surface area (Å²) in [5.41, 5.74) is 0. The zero-order valence-electron chi connectivity index (χ0n) is 6.50. The van der Waals surface area contributed by atoms with Crippen molar-refractivity contribution < 1.29 is 30.2 Å². The molecule has 3 heteroatoms. The molecule has 1 fully saturated rings. The predicted octanol–water partition coefficient (Wildman–Crippen LogP) is -1.85. The van der Waals surface area contributed by atoms with Gasteiger partial charge in [0, 0.05) is 6.08 Å². The molecule has 0 spiro atoms. The first-order valence-electron chi connectivity index (χ1n) is 2.70. The normalized spacial score (nSPS) is 17.3. The van der Waals surface area contributed by atoms with E-state index in [2.05, 4.69) is 0 Å². The van der Waals surface area contributed by atoms with Gasteiger partial charge in [-0.05, 0) is 18.8 Å². The summed E-state index contributed by atoms with van der Waals surface area (Å²) in [4.78, 5) is 9.84. The van der Waals surface area contributed by atoms with Gasteiger partial charge in [0.15, 0.2) is 0 Å².